The van der Waals surface area contributed by atoms with Crippen LogP contribution in [0.2, 0.25) is 0 Å². The fourth-order valence-electron chi connectivity index (χ4n) is 1.11. The van der Waals surface area contributed by atoms with Crippen molar-refractivity contribution in [2.75, 3.05) is 5.75 Å². The van der Waals surface area contributed by atoms with Crippen LogP contribution in [0.3, 0.4) is 0 Å². The fraction of sp³-hybridized carbons (Fsp3) is 1.00. The van der Waals surface area contributed by atoms with Crippen molar-refractivity contribution in [2.24, 2.45) is 0 Å². The summed E-state index contributed by atoms with van der Waals surface area (Å²) in [6.45, 7) is 8.20. The van der Waals surface area contributed by atoms with E-state index < -0.39 is 7.32 Å². The zero-order valence-corrected chi connectivity index (χ0v) is 14.3. The van der Waals surface area contributed by atoms with E-state index >= 15 is 0 Å². The maximum absolute atomic E-state index is 5.81. The fourth-order valence-corrected chi connectivity index (χ4v) is 2.08. The Morgan fingerprint density at radius 1 is 0.889 bits per heavy atom. The first-order valence-corrected chi connectivity index (χ1v) is 8.59. The molecule has 0 radical (unpaired) electrons. The number of hydrogen-bond donors (Lipinski definition) is 2. The molecule has 0 aliphatic heterocycles. The first-order chi connectivity index (χ1) is 8.57. The lowest BCUT2D eigenvalue weighted by atomic mass is 10.2. The summed E-state index contributed by atoms with van der Waals surface area (Å²) in [6, 6.07) is 0. The van der Waals surface area contributed by atoms with Gasteiger partial charge in [-0.3, -0.25) is 0 Å². The minimum atomic E-state index is -0.695. The highest BCUT2D eigenvalue weighted by Gasteiger charge is 2.29. The van der Waals surface area contributed by atoms with E-state index in [0.29, 0.717) is 0 Å². The molecule has 0 N–H and O–H groups in total. The van der Waals surface area contributed by atoms with Crippen LogP contribution in [0.4, 0.5) is 0 Å². The summed E-state index contributed by atoms with van der Waals surface area (Å²) in [7, 11) is -0.695. The van der Waals surface area contributed by atoms with Crippen molar-refractivity contribution in [1.82, 2.24) is 0 Å². The summed E-state index contributed by atoms with van der Waals surface area (Å²) >= 11 is 10.4. The lowest BCUT2D eigenvalue weighted by Crippen LogP contribution is -2.35. The molecule has 3 atom stereocenters. The lowest BCUT2D eigenvalue weighted by Gasteiger charge is -2.24. The predicted molar refractivity (Wildman–Crippen MR) is 87.4 cm³/mol. The van der Waals surface area contributed by atoms with E-state index in [1.807, 2.05) is 13.8 Å². The molecule has 0 bridgehead atoms. The standard InChI is InChI=1S/C11H25BO3S3/c1-5-9(16)13-12(14-10(17)6-2)15-11(7-3)18-8-4/h9-11,16-17H,5-8H2,1-4H3. The second kappa shape index (κ2) is 11.8. The normalized spacial score (nSPS) is 16.3. The molecule has 3 nitrogen and oxygen atoms in total. The van der Waals surface area contributed by atoms with Gasteiger partial charge in [-0.2, -0.15) is 0 Å². The van der Waals surface area contributed by atoms with Crippen LogP contribution < -0.4 is 0 Å². The van der Waals surface area contributed by atoms with Gasteiger partial charge >= 0.3 is 7.32 Å². The Hall–Kier alpha value is 0.995. The van der Waals surface area contributed by atoms with Gasteiger partial charge in [-0.1, -0.05) is 27.7 Å². The van der Waals surface area contributed by atoms with Gasteiger partial charge in [0.2, 0.25) is 0 Å². The lowest BCUT2D eigenvalue weighted by molar-refractivity contribution is 0.0676. The topological polar surface area (TPSA) is 27.7 Å². The first kappa shape index (κ1) is 19.0. The summed E-state index contributed by atoms with van der Waals surface area (Å²) in [6.07, 6.45) is 2.51. The van der Waals surface area contributed by atoms with Crippen molar-refractivity contribution in [3.63, 3.8) is 0 Å². The molecule has 3 unspecified atom stereocenters. The third-order valence-electron chi connectivity index (χ3n) is 2.18. The molecule has 0 aliphatic carbocycles. The second-order valence-corrected chi connectivity index (χ2v) is 6.30. The van der Waals surface area contributed by atoms with Crippen LogP contribution in [0, 0.1) is 0 Å². The van der Waals surface area contributed by atoms with Crippen molar-refractivity contribution >= 4 is 44.3 Å². The molecule has 0 heterocycles. The van der Waals surface area contributed by atoms with E-state index in [1.54, 1.807) is 11.8 Å². The zero-order valence-electron chi connectivity index (χ0n) is 11.7. The summed E-state index contributed by atoms with van der Waals surface area (Å²) in [5.74, 6) is 1.00. The number of rotatable bonds is 11. The van der Waals surface area contributed by atoms with Crippen molar-refractivity contribution in [1.29, 1.82) is 0 Å². The highest BCUT2D eigenvalue weighted by molar-refractivity contribution is 7.99. The Morgan fingerprint density at radius 2 is 1.39 bits per heavy atom. The molecule has 0 saturated carbocycles. The maximum atomic E-state index is 5.81. The van der Waals surface area contributed by atoms with E-state index in [4.69, 9.17) is 14.0 Å². The van der Waals surface area contributed by atoms with Crippen LogP contribution in [0.1, 0.15) is 47.0 Å². The van der Waals surface area contributed by atoms with Crippen LogP contribution in [0.15, 0.2) is 0 Å². The summed E-state index contributed by atoms with van der Waals surface area (Å²) in [5, 5.41) is 0. The van der Waals surface area contributed by atoms with Gasteiger partial charge in [0.25, 0.3) is 0 Å². The van der Waals surface area contributed by atoms with Crippen LogP contribution in [0.25, 0.3) is 0 Å². The minimum Gasteiger partial charge on any atom is -0.374 e. The Kier molecular flexibility index (Phi) is 12.4. The largest absolute Gasteiger partial charge is 0.641 e. The first-order valence-electron chi connectivity index (χ1n) is 6.51. The second-order valence-electron chi connectivity index (χ2n) is 3.72. The van der Waals surface area contributed by atoms with E-state index in [9.17, 15) is 0 Å². The molecular formula is C11H25BO3S3. The Labute approximate surface area is 127 Å². The molecule has 108 valence electrons. The molecule has 0 aromatic carbocycles. The van der Waals surface area contributed by atoms with E-state index in [1.165, 1.54) is 0 Å². The minimum absolute atomic E-state index is 0.0785. The van der Waals surface area contributed by atoms with Gasteiger partial charge < -0.3 is 14.0 Å². The van der Waals surface area contributed by atoms with Gasteiger partial charge in [0, 0.05) is 0 Å². The highest BCUT2D eigenvalue weighted by Crippen LogP contribution is 2.20. The summed E-state index contributed by atoms with van der Waals surface area (Å²) in [4.78, 5) is 0. The van der Waals surface area contributed by atoms with E-state index in [0.717, 1.165) is 25.0 Å². The Bertz CT molecular complexity index is 188. The van der Waals surface area contributed by atoms with Gasteiger partial charge in [-0.25, -0.2) is 0 Å². The molecule has 0 saturated heterocycles. The summed E-state index contributed by atoms with van der Waals surface area (Å²) < 4.78 is 17.0. The monoisotopic (exact) mass is 312 g/mol. The van der Waals surface area contributed by atoms with Crippen molar-refractivity contribution in [3.8, 4) is 0 Å². The van der Waals surface area contributed by atoms with Crippen LogP contribution >= 0.6 is 37.0 Å². The SMILES string of the molecule is CCSC(CC)OB(OC(S)CC)OC(S)CC. The molecule has 0 aliphatic rings. The van der Waals surface area contributed by atoms with Crippen LogP contribution in [0.5, 0.6) is 0 Å². The van der Waals surface area contributed by atoms with Gasteiger partial charge in [0.05, 0.1) is 16.3 Å². The molecule has 0 amide bonds. The van der Waals surface area contributed by atoms with Gasteiger partial charge in [0.1, 0.15) is 0 Å². The Morgan fingerprint density at radius 3 is 1.72 bits per heavy atom. The van der Waals surface area contributed by atoms with E-state index in [-0.39, 0.29) is 16.3 Å². The molecule has 0 rings (SSSR count). The van der Waals surface area contributed by atoms with Gasteiger partial charge in [0.15, 0.2) is 0 Å². The maximum Gasteiger partial charge on any atom is 0.641 e. The quantitative estimate of drug-likeness (QED) is 0.344. The highest BCUT2D eigenvalue weighted by atomic mass is 32.2. The van der Waals surface area contributed by atoms with Gasteiger partial charge in [-0.15, -0.1) is 37.0 Å². The number of thioether (sulfide) groups is 1. The average Bonchev–Trinajstić information content (AvgIpc) is 2.37. The number of thiol groups is 2. The number of hydrogen-bond acceptors (Lipinski definition) is 6. The van der Waals surface area contributed by atoms with Crippen LogP contribution in [-0.4, -0.2) is 29.4 Å². The van der Waals surface area contributed by atoms with Crippen LogP contribution in [-0.2, 0) is 14.0 Å². The third-order valence-corrected chi connectivity index (χ3v) is 4.31. The Balaban J connectivity index is 4.33. The van der Waals surface area contributed by atoms with Gasteiger partial charge in [-0.05, 0) is 25.0 Å². The predicted octanol–water partition coefficient (Wildman–Crippen LogP) is 3.84. The molecule has 0 fully saturated rings. The molecule has 0 aromatic rings. The smallest absolute Gasteiger partial charge is 0.374 e. The van der Waals surface area contributed by atoms with Crippen molar-refractivity contribution in [2.45, 2.75) is 63.3 Å². The third kappa shape index (κ3) is 8.99. The molecular weight excluding hydrogens is 287 g/mol. The molecule has 0 aromatic heterocycles. The molecule has 0 spiro atoms. The average molecular weight is 312 g/mol. The van der Waals surface area contributed by atoms with Crippen molar-refractivity contribution < 1.29 is 14.0 Å². The molecule has 18 heavy (non-hydrogen) atoms. The van der Waals surface area contributed by atoms with E-state index in [2.05, 4.69) is 39.1 Å². The summed E-state index contributed by atoms with van der Waals surface area (Å²) in [5.41, 5.74) is -0.289. The molecule has 7 heteroatoms. The zero-order chi connectivity index (χ0) is 14.0. The van der Waals surface area contributed by atoms with Crippen molar-refractivity contribution in [3.05, 3.63) is 0 Å².